The first kappa shape index (κ1) is 24.0. The second-order valence-corrected chi connectivity index (χ2v) is 9.62. The summed E-state index contributed by atoms with van der Waals surface area (Å²) in [4.78, 5) is 25.7. The molecule has 0 aliphatic heterocycles. The zero-order chi connectivity index (χ0) is 23.9. The fourth-order valence-electron chi connectivity index (χ4n) is 4.41. The molecule has 1 saturated carbocycles. The highest BCUT2D eigenvalue weighted by molar-refractivity contribution is 7.99. The number of aromatic nitrogens is 3. The summed E-state index contributed by atoms with van der Waals surface area (Å²) in [6, 6.07) is 17.1. The number of anilines is 1. The smallest absolute Gasteiger partial charge is 0.253 e. The molecule has 1 aliphatic carbocycles. The Balaban J connectivity index is 1.38. The number of thioether (sulfide) groups is 1. The Kier molecular flexibility index (Phi) is 8.00. The normalized spacial score (nSPS) is 15.0. The summed E-state index contributed by atoms with van der Waals surface area (Å²) in [5.41, 5.74) is 1.95. The van der Waals surface area contributed by atoms with Crippen LogP contribution in [0.15, 0.2) is 59.8 Å². The van der Waals surface area contributed by atoms with Gasteiger partial charge in [0.25, 0.3) is 5.91 Å². The molecule has 1 aromatic heterocycles. The van der Waals surface area contributed by atoms with Crippen LogP contribution in [0.5, 0.6) is 0 Å². The second kappa shape index (κ2) is 11.3. The number of hydrogen-bond acceptors (Lipinski definition) is 5. The van der Waals surface area contributed by atoms with Crippen LogP contribution in [0, 0.1) is 6.92 Å². The summed E-state index contributed by atoms with van der Waals surface area (Å²) < 4.78 is 2.18. The minimum atomic E-state index is -0.229. The molecule has 1 atom stereocenters. The first-order chi connectivity index (χ1) is 16.5. The van der Waals surface area contributed by atoms with Gasteiger partial charge in [0.1, 0.15) is 5.82 Å². The molecule has 1 heterocycles. The van der Waals surface area contributed by atoms with Gasteiger partial charge in [0.05, 0.1) is 23.0 Å². The van der Waals surface area contributed by atoms with Gasteiger partial charge in [-0.2, -0.15) is 0 Å². The van der Waals surface area contributed by atoms with Gasteiger partial charge < -0.3 is 15.2 Å². The first-order valence-electron chi connectivity index (χ1n) is 11.8. The molecule has 0 spiro atoms. The van der Waals surface area contributed by atoms with E-state index >= 15 is 0 Å². The van der Waals surface area contributed by atoms with Crippen LogP contribution in [0.25, 0.3) is 0 Å². The van der Waals surface area contributed by atoms with Crippen molar-refractivity contribution < 1.29 is 9.59 Å². The number of carbonyl (C=O) groups is 2. The van der Waals surface area contributed by atoms with Crippen LogP contribution >= 0.6 is 11.8 Å². The van der Waals surface area contributed by atoms with Crippen LogP contribution in [0.3, 0.4) is 0 Å². The quantitative estimate of drug-likeness (QED) is 0.429. The van der Waals surface area contributed by atoms with E-state index in [0.29, 0.717) is 17.3 Å². The maximum Gasteiger partial charge on any atom is 0.253 e. The van der Waals surface area contributed by atoms with Crippen molar-refractivity contribution >= 4 is 29.3 Å². The van der Waals surface area contributed by atoms with Gasteiger partial charge in [0.2, 0.25) is 5.91 Å². The highest BCUT2D eigenvalue weighted by atomic mass is 32.2. The van der Waals surface area contributed by atoms with Gasteiger partial charge in [0.15, 0.2) is 5.16 Å². The number of amides is 2. The molecular formula is C26H31N5O2S. The Morgan fingerprint density at radius 1 is 1.03 bits per heavy atom. The summed E-state index contributed by atoms with van der Waals surface area (Å²) in [6.07, 6.45) is 5.97. The van der Waals surface area contributed by atoms with E-state index in [2.05, 4.69) is 25.4 Å². The maximum absolute atomic E-state index is 12.9. The third kappa shape index (κ3) is 5.86. The van der Waals surface area contributed by atoms with E-state index in [1.54, 1.807) is 18.2 Å². The SMILES string of the molecule is Cc1nnc(SCC(=O)Nc2ccccc2C(=O)N[C@@H](C)c2ccccc2)n1C1CCCCC1. The van der Waals surface area contributed by atoms with Crippen LogP contribution in [-0.4, -0.2) is 32.3 Å². The van der Waals surface area contributed by atoms with Crippen molar-refractivity contribution in [3.05, 3.63) is 71.5 Å². The number of benzene rings is 2. The van der Waals surface area contributed by atoms with E-state index in [-0.39, 0.29) is 23.6 Å². The topological polar surface area (TPSA) is 88.9 Å². The molecule has 2 N–H and O–H groups in total. The van der Waals surface area contributed by atoms with Gasteiger partial charge >= 0.3 is 0 Å². The summed E-state index contributed by atoms with van der Waals surface area (Å²) in [6.45, 7) is 3.91. The molecule has 2 aromatic carbocycles. The Morgan fingerprint density at radius 3 is 2.50 bits per heavy atom. The van der Waals surface area contributed by atoms with Gasteiger partial charge in [-0.3, -0.25) is 9.59 Å². The number of carbonyl (C=O) groups excluding carboxylic acids is 2. The number of nitrogens with one attached hydrogen (secondary N) is 2. The lowest BCUT2D eigenvalue weighted by Gasteiger charge is -2.24. The Morgan fingerprint density at radius 2 is 1.74 bits per heavy atom. The molecule has 8 heteroatoms. The zero-order valence-corrected chi connectivity index (χ0v) is 20.5. The van der Waals surface area contributed by atoms with Crippen molar-refractivity contribution in [2.24, 2.45) is 0 Å². The lowest BCUT2D eigenvalue weighted by molar-refractivity contribution is -0.113. The average molecular weight is 478 g/mol. The maximum atomic E-state index is 12.9. The number of hydrogen-bond donors (Lipinski definition) is 2. The fraction of sp³-hybridized carbons (Fsp3) is 0.385. The van der Waals surface area contributed by atoms with Crippen LogP contribution in [0.4, 0.5) is 5.69 Å². The van der Waals surface area contributed by atoms with Crippen LogP contribution < -0.4 is 10.6 Å². The zero-order valence-electron chi connectivity index (χ0n) is 19.7. The molecule has 0 bridgehead atoms. The summed E-state index contributed by atoms with van der Waals surface area (Å²) >= 11 is 1.39. The Bertz CT molecular complexity index is 1130. The van der Waals surface area contributed by atoms with E-state index in [1.807, 2.05) is 50.2 Å². The van der Waals surface area contributed by atoms with Gasteiger partial charge in [0, 0.05) is 6.04 Å². The molecule has 34 heavy (non-hydrogen) atoms. The number of rotatable bonds is 8. The van der Waals surface area contributed by atoms with Gasteiger partial charge in [-0.1, -0.05) is 73.5 Å². The largest absolute Gasteiger partial charge is 0.345 e. The van der Waals surface area contributed by atoms with Crippen molar-refractivity contribution in [3.8, 4) is 0 Å². The van der Waals surface area contributed by atoms with Crippen LogP contribution in [0.1, 0.15) is 72.9 Å². The van der Waals surface area contributed by atoms with E-state index in [9.17, 15) is 9.59 Å². The van der Waals surface area contributed by atoms with Crippen molar-refractivity contribution in [2.75, 3.05) is 11.1 Å². The average Bonchev–Trinajstić information content (AvgIpc) is 3.24. The van der Waals surface area contributed by atoms with Gasteiger partial charge in [-0.15, -0.1) is 10.2 Å². The lowest BCUT2D eigenvalue weighted by Crippen LogP contribution is -2.28. The minimum absolute atomic E-state index is 0.151. The highest BCUT2D eigenvalue weighted by Gasteiger charge is 2.22. The molecule has 4 rings (SSSR count). The molecule has 1 aliphatic rings. The molecule has 0 radical (unpaired) electrons. The van der Waals surface area contributed by atoms with Crippen molar-refractivity contribution in [1.82, 2.24) is 20.1 Å². The van der Waals surface area contributed by atoms with Crippen molar-refractivity contribution in [1.29, 1.82) is 0 Å². The first-order valence-corrected chi connectivity index (χ1v) is 12.8. The molecule has 1 fully saturated rings. The Labute approximate surface area is 204 Å². The van der Waals surface area contributed by atoms with Crippen LogP contribution in [-0.2, 0) is 4.79 Å². The lowest BCUT2D eigenvalue weighted by atomic mass is 9.95. The monoisotopic (exact) mass is 477 g/mol. The van der Waals surface area contributed by atoms with E-state index < -0.39 is 0 Å². The summed E-state index contributed by atoms with van der Waals surface area (Å²) in [5.74, 6) is 0.676. The second-order valence-electron chi connectivity index (χ2n) is 8.68. The number of aryl methyl sites for hydroxylation is 1. The number of para-hydroxylation sites is 1. The number of nitrogens with zero attached hydrogens (tertiary/aromatic N) is 3. The molecule has 2 amide bonds. The fourth-order valence-corrected chi connectivity index (χ4v) is 5.27. The predicted octanol–water partition coefficient (Wildman–Crippen LogP) is 5.31. The standard InChI is InChI=1S/C26H31N5O2S/c1-18(20-11-5-3-6-12-20)27-25(33)22-15-9-10-16-23(22)28-24(32)17-34-26-30-29-19(2)31(26)21-13-7-4-8-14-21/h3,5-6,9-12,15-16,18,21H,4,7-8,13-14,17H2,1-2H3,(H,27,33)(H,28,32)/t18-/m0/s1. The molecule has 0 saturated heterocycles. The van der Waals surface area contributed by atoms with Gasteiger partial charge in [-0.25, -0.2) is 0 Å². The Hall–Kier alpha value is -3.13. The minimum Gasteiger partial charge on any atom is -0.345 e. The molecular weight excluding hydrogens is 446 g/mol. The van der Waals surface area contributed by atoms with E-state index in [0.717, 1.165) is 29.4 Å². The third-order valence-electron chi connectivity index (χ3n) is 6.20. The molecule has 0 unspecified atom stereocenters. The predicted molar refractivity (Wildman–Crippen MR) is 135 cm³/mol. The summed E-state index contributed by atoms with van der Waals surface area (Å²) in [7, 11) is 0. The van der Waals surface area contributed by atoms with Gasteiger partial charge in [-0.05, 0) is 44.4 Å². The van der Waals surface area contributed by atoms with Crippen molar-refractivity contribution in [3.63, 3.8) is 0 Å². The van der Waals surface area contributed by atoms with Crippen LogP contribution in [0.2, 0.25) is 0 Å². The molecule has 3 aromatic rings. The van der Waals surface area contributed by atoms with Crippen molar-refractivity contribution in [2.45, 2.75) is 63.2 Å². The summed E-state index contributed by atoms with van der Waals surface area (Å²) in [5, 5.41) is 15.3. The van der Waals surface area contributed by atoms with E-state index in [4.69, 9.17) is 0 Å². The third-order valence-corrected chi connectivity index (χ3v) is 7.14. The van der Waals surface area contributed by atoms with E-state index in [1.165, 1.54) is 31.0 Å². The molecule has 178 valence electrons. The highest BCUT2D eigenvalue weighted by Crippen LogP contribution is 2.32. The molecule has 7 nitrogen and oxygen atoms in total.